The minimum atomic E-state index is -0.912. The predicted octanol–water partition coefficient (Wildman–Crippen LogP) is 4.20. The van der Waals surface area contributed by atoms with Crippen LogP contribution in [0.2, 0.25) is 0 Å². The molecule has 1 aliphatic rings. The molecule has 43 heavy (non-hydrogen) atoms. The van der Waals surface area contributed by atoms with Crippen molar-refractivity contribution in [3.05, 3.63) is 46.3 Å². The van der Waals surface area contributed by atoms with Gasteiger partial charge in [-0.1, -0.05) is 20.8 Å². The molecule has 0 unspecified atom stereocenters. The van der Waals surface area contributed by atoms with Crippen molar-refractivity contribution in [1.82, 2.24) is 15.2 Å². The van der Waals surface area contributed by atoms with Gasteiger partial charge in [-0.3, -0.25) is 24.2 Å². The smallest absolute Gasteiger partial charge is 0.303 e. The van der Waals surface area contributed by atoms with Crippen molar-refractivity contribution in [2.45, 2.75) is 58.9 Å². The van der Waals surface area contributed by atoms with E-state index in [-0.39, 0.29) is 49.9 Å². The number of alkyl halides is 1. The molecule has 3 rings (SSSR count). The van der Waals surface area contributed by atoms with Crippen LogP contribution in [-0.4, -0.2) is 85.6 Å². The van der Waals surface area contributed by atoms with Gasteiger partial charge < -0.3 is 29.7 Å². The first kappa shape index (κ1) is 33.3. The summed E-state index contributed by atoms with van der Waals surface area (Å²) in [7, 11) is 3.29. The van der Waals surface area contributed by atoms with E-state index in [2.05, 4.69) is 10.3 Å². The number of fused-ring (bicyclic) bond motifs is 1. The Morgan fingerprint density at radius 1 is 1.19 bits per heavy atom. The quantitative estimate of drug-likeness (QED) is 0.203. The van der Waals surface area contributed by atoms with Crippen molar-refractivity contribution in [3.63, 3.8) is 0 Å². The molecule has 2 aromatic rings. The highest BCUT2D eigenvalue weighted by Crippen LogP contribution is 2.40. The van der Waals surface area contributed by atoms with Crippen molar-refractivity contribution in [2.75, 3.05) is 52.0 Å². The summed E-state index contributed by atoms with van der Waals surface area (Å²) in [5, 5.41) is 20.3. The first-order valence-corrected chi connectivity index (χ1v) is 14.4. The molecule has 1 aromatic carbocycles. The summed E-state index contributed by atoms with van der Waals surface area (Å²) in [6.45, 7) is 8.31. The fourth-order valence-electron chi connectivity index (χ4n) is 4.82. The number of amides is 1. The van der Waals surface area contributed by atoms with E-state index in [0.717, 1.165) is 5.56 Å². The van der Waals surface area contributed by atoms with Gasteiger partial charge in [-0.25, -0.2) is 4.98 Å². The van der Waals surface area contributed by atoms with Gasteiger partial charge in [-0.05, 0) is 43.4 Å². The van der Waals surface area contributed by atoms with Crippen molar-refractivity contribution in [1.29, 1.82) is 5.41 Å². The molecule has 0 atom stereocenters. The van der Waals surface area contributed by atoms with Crippen LogP contribution in [0.15, 0.2) is 18.2 Å². The highest BCUT2D eigenvalue weighted by molar-refractivity contribution is 6.06. The molecular weight excluding hydrogens is 557 g/mol. The Hall–Kier alpha value is -4.22. The third-order valence-corrected chi connectivity index (χ3v) is 7.06. The Morgan fingerprint density at radius 3 is 2.51 bits per heavy atom. The number of pyridine rings is 1. The van der Waals surface area contributed by atoms with Gasteiger partial charge in [0.05, 0.1) is 32.1 Å². The van der Waals surface area contributed by atoms with E-state index in [4.69, 9.17) is 20.0 Å². The molecule has 0 bridgehead atoms. The number of benzene rings is 1. The number of aliphatic carboxylic acids is 1. The minimum Gasteiger partial charge on any atom is -0.491 e. The molecule has 2 heterocycles. The Morgan fingerprint density at radius 2 is 1.91 bits per heavy atom. The molecule has 11 nitrogen and oxygen atoms in total. The number of ketones is 1. The highest BCUT2D eigenvalue weighted by atomic mass is 19.1. The fourth-order valence-corrected chi connectivity index (χ4v) is 4.82. The lowest BCUT2D eigenvalue weighted by atomic mass is 9.84. The third-order valence-electron chi connectivity index (χ3n) is 7.06. The van der Waals surface area contributed by atoms with E-state index in [1.165, 1.54) is 7.05 Å². The van der Waals surface area contributed by atoms with E-state index in [9.17, 15) is 18.8 Å². The summed E-state index contributed by atoms with van der Waals surface area (Å²) >= 11 is 0. The molecule has 3 N–H and O–H groups in total. The number of halogens is 1. The van der Waals surface area contributed by atoms with Crippen LogP contribution in [0.25, 0.3) is 0 Å². The van der Waals surface area contributed by atoms with Gasteiger partial charge in [0.25, 0.3) is 5.91 Å². The van der Waals surface area contributed by atoms with Crippen molar-refractivity contribution < 1.29 is 33.4 Å². The van der Waals surface area contributed by atoms with E-state index in [1.807, 2.05) is 25.7 Å². The molecule has 0 saturated heterocycles. The molecule has 0 radical (unpaired) electrons. The average Bonchev–Trinajstić information content (AvgIpc) is 3.25. The van der Waals surface area contributed by atoms with Crippen LogP contribution in [0.3, 0.4) is 0 Å². The van der Waals surface area contributed by atoms with Gasteiger partial charge in [-0.15, -0.1) is 0 Å². The number of carbonyl (C=O) groups excluding carboxylic acids is 2. The SMILES string of the molecule is CCOc1cc2c(nc1C(=O)NC)C(=N)N(CC(=O)c1cc(N(C)CCCF)c(OCCCC(=O)O)c(C(C)(C)C)c1)C2. The second-order valence-electron chi connectivity index (χ2n) is 11.4. The zero-order valence-electron chi connectivity index (χ0n) is 25.8. The number of anilines is 1. The number of hydrogen-bond donors (Lipinski definition) is 3. The third kappa shape index (κ3) is 7.99. The second kappa shape index (κ2) is 14.3. The molecular formula is C31H42FN5O6. The molecule has 12 heteroatoms. The number of amidine groups is 1. The van der Waals surface area contributed by atoms with Crippen LogP contribution in [0.4, 0.5) is 10.1 Å². The van der Waals surface area contributed by atoms with Gasteiger partial charge in [-0.2, -0.15) is 0 Å². The highest BCUT2D eigenvalue weighted by Gasteiger charge is 2.32. The zero-order chi connectivity index (χ0) is 31.9. The second-order valence-corrected chi connectivity index (χ2v) is 11.4. The van der Waals surface area contributed by atoms with Crippen molar-refractivity contribution in [2.24, 2.45) is 0 Å². The first-order chi connectivity index (χ1) is 20.3. The monoisotopic (exact) mass is 599 g/mol. The molecule has 1 amide bonds. The number of nitrogens with one attached hydrogen (secondary N) is 2. The van der Waals surface area contributed by atoms with Crippen LogP contribution < -0.4 is 19.7 Å². The number of carbonyl (C=O) groups is 3. The maximum absolute atomic E-state index is 13.8. The molecule has 0 aliphatic carbocycles. The van der Waals surface area contributed by atoms with Crippen LogP contribution in [0.5, 0.6) is 11.5 Å². The van der Waals surface area contributed by atoms with E-state index in [0.29, 0.717) is 53.6 Å². The van der Waals surface area contributed by atoms with Gasteiger partial charge in [0.1, 0.15) is 17.3 Å². The lowest BCUT2D eigenvalue weighted by Gasteiger charge is -2.30. The molecule has 0 saturated carbocycles. The Kier molecular flexibility index (Phi) is 11.1. The average molecular weight is 600 g/mol. The summed E-state index contributed by atoms with van der Waals surface area (Å²) in [4.78, 5) is 45.1. The molecule has 1 aromatic heterocycles. The number of ether oxygens (including phenoxy) is 2. The summed E-state index contributed by atoms with van der Waals surface area (Å²) in [5.74, 6) is -0.700. The number of nitrogens with zero attached hydrogens (tertiary/aromatic N) is 3. The van der Waals surface area contributed by atoms with E-state index < -0.39 is 24.0 Å². The number of carboxylic acid groups (broad SMARTS) is 1. The largest absolute Gasteiger partial charge is 0.491 e. The number of carboxylic acids is 1. The van der Waals surface area contributed by atoms with Gasteiger partial charge >= 0.3 is 5.97 Å². The topological polar surface area (TPSA) is 145 Å². The Bertz CT molecular complexity index is 1370. The molecule has 0 spiro atoms. The zero-order valence-corrected chi connectivity index (χ0v) is 25.8. The fraction of sp³-hybridized carbons (Fsp3) is 0.516. The molecule has 1 aliphatic heterocycles. The maximum Gasteiger partial charge on any atom is 0.303 e. The number of rotatable bonds is 15. The normalized spacial score (nSPS) is 12.6. The van der Waals surface area contributed by atoms with Crippen LogP contribution in [0, 0.1) is 5.41 Å². The van der Waals surface area contributed by atoms with Crippen LogP contribution >= 0.6 is 0 Å². The standard InChI is InChI=1S/C31H42FN5O6/c1-7-42-24-16-20-17-37(29(33)26(20)35-27(24)30(41)34-5)18-23(38)19-14-21(31(2,3)4)28(43-13-8-10-25(39)40)22(15-19)36(6)12-9-11-32/h14-16,33H,7-13,17-18H2,1-6H3,(H,34,41)(H,39,40). The summed E-state index contributed by atoms with van der Waals surface area (Å²) in [5.41, 5.74) is 2.41. The van der Waals surface area contributed by atoms with E-state index in [1.54, 1.807) is 37.1 Å². The van der Waals surface area contributed by atoms with Crippen molar-refractivity contribution >= 4 is 29.2 Å². The number of hydrogen-bond acceptors (Lipinski definition) is 8. The summed E-state index contributed by atoms with van der Waals surface area (Å²) < 4.78 is 24.8. The van der Waals surface area contributed by atoms with Crippen LogP contribution in [0.1, 0.15) is 84.6 Å². The Labute approximate surface area is 251 Å². The summed E-state index contributed by atoms with van der Waals surface area (Å²) in [6.07, 6.45) is 0.561. The van der Waals surface area contributed by atoms with Gasteiger partial charge in [0, 0.05) is 50.3 Å². The lowest BCUT2D eigenvalue weighted by molar-refractivity contribution is -0.137. The first-order valence-electron chi connectivity index (χ1n) is 14.4. The molecule has 0 fully saturated rings. The lowest BCUT2D eigenvalue weighted by Crippen LogP contribution is -2.31. The van der Waals surface area contributed by atoms with Gasteiger partial charge in [0.15, 0.2) is 17.2 Å². The van der Waals surface area contributed by atoms with E-state index >= 15 is 0 Å². The number of aromatic nitrogens is 1. The number of Topliss-reactive ketones (excluding diaryl/α,β-unsaturated/α-hetero) is 1. The van der Waals surface area contributed by atoms with Gasteiger partial charge in [0.2, 0.25) is 0 Å². The predicted molar refractivity (Wildman–Crippen MR) is 162 cm³/mol. The Balaban J connectivity index is 1.96. The minimum absolute atomic E-state index is 0.0336. The summed E-state index contributed by atoms with van der Waals surface area (Å²) in [6, 6.07) is 5.19. The van der Waals surface area contributed by atoms with Crippen LogP contribution in [-0.2, 0) is 16.8 Å². The van der Waals surface area contributed by atoms with Crippen molar-refractivity contribution in [3.8, 4) is 11.5 Å². The maximum atomic E-state index is 13.8. The molecule has 234 valence electrons.